The van der Waals surface area contributed by atoms with Crippen LogP contribution in [0.15, 0.2) is 97.1 Å². The molecule has 4 aromatic carbocycles. The fourth-order valence-corrected chi connectivity index (χ4v) is 7.69. The van der Waals surface area contributed by atoms with E-state index in [-0.39, 0.29) is 12.8 Å². The van der Waals surface area contributed by atoms with E-state index in [1.54, 1.807) is 0 Å². The van der Waals surface area contributed by atoms with Crippen molar-refractivity contribution in [3.8, 4) is 22.3 Å². The third-order valence-corrected chi connectivity index (χ3v) is 9.88. The van der Waals surface area contributed by atoms with E-state index in [9.17, 15) is 29.4 Å². The number of nitrogens with zero attached hydrogens (tertiary/aromatic N) is 2. The van der Waals surface area contributed by atoms with Crippen LogP contribution in [0.25, 0.3) is 22.3 Å². The first-order valence-electron chi connectivity index (χ1n) is 16.8. The zero-order valence-electron chi connectivity index (χ0n) is 28.0. The maximum Gasteiger partial charge on any atom is 0.411 e. The van der Waals surface area contributed by atoms with Crippen LogP contribution in [-0.2, 0) is 19.1 Å². The average molecular weight is 677 g/mol. The smallest absolute Gasteiger partial charge is 0.411 e. The standard InChI is InChI=1S/C40H40N2O8/c1-49-39(47)41(35-29-19-11-7-15-25(29)26-16-8-12-20-30(26)35)33(37(43)44)23-5-3-4-6-24-34(38(45)46)42(40(48)50-2)36-31-21-13-9-17-27(31)28-18-10-14-22-32(28)36/h7-22,33-36H,3-6,23-24H2,1-2H3,(H,43,44)(H,45,46)/t33-,34-/m0/s1. The van der Waals surface area contributed by atoms with Gasteiger partial charge in [-0.25, -0.2) is 19.2 Å². The summed E-state index contributed by atoms with van der Waals surface area (Å²) in [5, 5.41) is 20.8. The quantitative estimate of drug-likeness (QED) is 0.137. The van der Waals surface area contributed by atoms with Gasteiger partial charge < -0.3 is 19.7 Å². The molecule has 0 saturated carbocycles. The molecule has 2 amide bonds. The molecule has 2 aliphatic carbocycles. The number of carbonyl (C=O) groups excluding carboxylic acids is 2. The third-order valence-electron chi connectivity index (χ3n) is 9.88. The van der Waals surface area contributed by atoms with Gasteiger partial charge in [0.05, 0.1) is 26.3 Å². The molecule has 10 heteroatoms. The number of benzene rings is 4. The Balaban J connectivity index is 1.15. The molecule has 0 bridgehead atoms. The summed E-state index contributed by atoms with van der Waals surface area (Å²) >= 11 is 0. The zero-order valence-corrected chi connectivity index (χ0v) is 28.0. The first kappa shape index (κ1) is 34.2. The van der Waals surface area contributed by atoms with E-state index >= 15 is 0 Å². The van der Waals surface area contributed by atoms with Gasteiger partial charge in [0.2, 0.25) is 0 Å². The molecule has 10 nitrogen and oxygen atoms in total. The molecule has 2 atom stereocenters. The zero-order chi connectivity index (χ0) is 35.4. The number of fused-ring (bicyclic) bond motifs is 6. The molecule has 0 aliphatic heterocycles. The van der Waals surface area contributed by atoms with Crippen LogP contribution in [0.4, 0.5) is 9.59 Å². The Kier molecular flexibility index (Phi) is 10.2. The van der Waals surface area contributed by atoms with E-state index in [0.717, 1.165) is 44.5 Å². The molecule has 0 radical (unpaired) electrons. The summed E-state index contributed by atoms with van der Waals surface area (Å²) in [6.45, 7) is 0. The highest BCUT2D eigenvalue weighted by Gasteiger charge is 2.43. The molecule has 0 spiro atoms. The number of rotatable bonds is 13. The Morgan fingerprint density at radius 1 is 0.520 bits per heavy atom. The molecule has 0 fully saturated rings. The fraction of sp³-hybridized carbons (Fsp3) is 0.300. The van der Waals surface area contributed by atoms with E-state index in [0.29, 0.717) is 25.7 Å². The molecule has 258 valence electrons. The number of ether oxygens (including phenoxy) is 2. The van der Waals surface area contributed by atoms with Crippen LogP contribution >= 0.6 is 0 Å². The van der Waals surface area contributed by atoms with Crippen molar-refractivity contribution < 1.29 is 38.9 Å². The van der Waals surface area contributed by atoms with Crippen LogP contribution in [0.3, 0.4) is 0 Å². The lowest BCUT2D eigenvalue weighted by Gasteiger charge is -2.34. The number of amides is 2. The number of carboxylic acids is 2. The SMILES string of the molecule is COC(=O)N(C1c2ccccc2-c2ccccc21)[C@@H](CCCCCC[C@@H](C(=O)O)N(C(=O)OC)C1c2ccccc2-c2ccccc21)C(=O)O. The van der Waals surface area contributed by atoms with Gasteiger partial charge in [0.25, 0.3) is 0 Å². The highest BCUT2D eigenvalue weighted by atomic mass is 16.5. The average Bonchev–Trinajstić information content (AvgIpc) is 3.64. The predicted octanol–water partition coefficient (Wildman–Crippen LogP) is 7.91. The Hall–Kier alpha value is -5.64. The summed E-state index contributed by atoms with van der Waals surface area (Å²) in [5.41, 5.74) is 7.16. The van der Waals surface area contributed by atoms with E-state index < -0.39 is 48.3 Å². The lowest BCUT2D eigenvalue weighted by atomic mass is 9.97. The summed E-state index contributed by atoms with van der Waals surface area (Å²) in [7, 11) is 2.50. The maximum atomic E-state index is 13.3. The van der Waals surface area contributed by atoms with E-state index in [2.05, 4.69) is 0 Å². The van der Waals surface area contributed by atoms with E-state index in [1.807, 2.05) is 97.1 Å². The topological polar surface area (TPSA) is 134 Å². The van der Waals surface area contributed by atoms with Crippen molar-refractivity contribution in [1.82, 2.24) is 9.80 Å². The Labute approximate surface area is 290 Å². The van der Waals surface area contributed by atoms with Crippen molar-refractivity contribution in [3.63, 3.8) is 0 Å². The lowest BCUT2D eigenvalue weighted by molar-refractivity contribution is -0.144. The molecule has 4 aromatic rings. The minimum absolute atomic E-state index is 0.178. The molecular weight excluding hydrogens is 636 g/mol. The largest absolute Gasteiger partial charge is 0.480 e. The number of methoxy groups -OCH3 is 2. The summed E-state index contributed by atoms with van der Waals surface area (Å²) < 4.78 is 10.3. The first-order valence-corrected chi connectivity index (χ1v) is 16.8. The van der Waals surface area contributed by atoms with Gasteiger partial charge in [-0.05, 0) is 57.3 Å². The molecule has 0 heterocycles. The molecule has 50 heavy (non-hydrogen) atoms. The minimum Gasteiger partial charge on any atom is -0.480 e. The molecule has 0 aromatic heterocycles. The second-order valence-corrected chi connectivity index (χ2v) is 12.6. The number of carbonyl (C=O) groups is 4. The van der Waals surface area contributed by atoms with Crippen molar-refractivity contribution >= 4 is 24.1 Å². The number of hydrogen-bond acceptors (Lipinski definition) is 6. The highest BCUT2D eigenvalue weighted by Crippen LogP contribution is 2.49. The maximum absolute atomic E-state index is 13.3. The van der Waals surface area contributed by atoms with Crippen molar-refractivity contribution in [3.05, 3.63) is 119 Å². The molecule has 6 rings (SSSR count). The predicted molar refractivity (Wildman–Crippen MR) is 186 cm³/mol. The Morgan fingerprint density at radius 2 is 0.800 bits per heavy atom. The number of hydrogen-bond donors (Lipinski definition) is 2. The van der Waals surface area contributed by atoms with Crippen molar-refractivity contribution in [2.45, 2.75) is 62.7 Å². The summed E-state index contributed by atoms with van der Waals surface area (Å²) in [6.07, 6.45) is 1.04. The monoisotopic (exact) mass is 676 g/mol. The van der Waals surface area contributed by atoms with Crippen LogP contribution < -0.4 is 0 Å². The van der Waals surface area contributed by atoms with Crippen LogP contribution in [0.2, 0.25) is 0 Å². The van der Waals surface area contributed by atoms with Crippen molar-refractivity contribution in [2.24, 2.45) is 0 Å². The van der Waals surface area contributed by atoms with Crippen LogP contribution in [0, 0.1) is 0 Å². The van der Waals surface area contributed by atoms with Gasteiger partial charge >= 0.3 is 24.1 Å². The number of carboxylic acid groups (broad SMARTS) is 2. The van der Waals surface area contributed by atoms with Gasteiger partial charge in [0.1, 0.15) is 12.1 Å². The Morgan fingerprint density at radius 3 is 1.06 bits per heavy atom. The van der Waals surface area contributed by atoms with E-state index in [1.165, 1.54) is 24.0 Å². The van der Waals surface area contributed by atoms with Crippen molar-refractivity contribution in [2.75, 3.05) is 14.2 Å². The fourth-order valence-electron chi connectivity index (χ4n) is 7.69. The molecule has 2 aliphatic rings. The summed E-state index contributed by atoms with van der Waals surface area (Å²) in [4.78, 5) is 54.7. The van der Waals surface area contributed by atoms with Gasteiger partial charge in [-0.3, -0.25) is 9.80 Å². The van der Waals surface area contributed by atoms with Gasteiger partial charge in [0.15, 0.2) is 0 Å². The normalized spacial score (nSPS) is 14.0. The van der Waals surface area contributed by atoms with Crippen LogP contribution in [0.5, 0.6) is 0 Å². The molecule has 0 saturated heterocycles. The Bertz CT molecular complexity index is 1680. The van der Waals surface area contributed by atoms with E-state index in [4.69, 9.17) is 9.47 Å². The molecular formula is C40H40N2O8. The summed E-state index contributed by atoms with van der Waals surface area (Å²) in [6, 6.07) is 27.1. The van der Waals surface area contributed by atoms with Gasteiger partial charge in [0, 0.05) is 0 Å². The number of unbranched alkanes of at least 4 members (excludes halogenated alkanes) is 3. The van der Waals surface area contributed by atoms with Gasteiger partial charge in [-0.1, -0.05) is 123 Å². The van der Waals surface area contributed by atoms with Crippen LogP contribution in [0.1, 0.15) is 72.9 Å². The summed E-state index contributed by atoms with van der Waals surface area (Å²) in [5.74, 6) is -2.26. The number of aliphatic carboxylic acids is 2. The van der Waals surface area contributed by atoms with Crippen molar-refractivity contribution in [1.29, 1.82) is 0 Å². The second-order valence-electron chi connectivity index (χ2n) is 12.6. The highest BCUT2D eigenvalue weighted by molar-refractivity contribution is 5.86. The lowest BCUT2D eigenvalue weighted by Crippen LogP contribution is -2.47. The second kappa shape index (κ2) is 14.9. The molecule has 0 unspecified atom stereocenters. The van der Waals surface area contributed by atoms with Gasteiger partial charge in [-0.2, -0.15) is 0 Å². The minimum atomic E-state index is -1.16. The third kappa shape index (κ3) is 6.29. The van der Waals surface area contributed by atoms with Crippen LogP contribution in [-0.4, -0.2) is 70.4 Å². The molecule has 2 N–H and O–H groups in total. The van der Waals surface area contributed by atoms with Gasteiger partial charge in [-0.15, -0.1) is 0 Å². The first-order chi connectivity index (χ1) is 24.3.